The molecule has 8 heteroatoms. The van der Waals surface area contributed by atoms with Crippen molar-refractivity contribution in [2.75, 3.05) is 0 Å². The highest BCUT2D eigenvalue weighted by molar-refractivity contribution is 5.87. The quantitative estimate of drug-likeness (QED) is 0.588. The summed E-state index contributed by atoms with van der Waals surface area (Å²) < 4.78 is 0.116. The van der Waals surface area contributed by atoms with E-state index in [0.717, 1.165) is 0 Å². The van der Waals surface area contributed by atoms with E-state index in [4.69, 9.17) is 0 Å². The Balaban J connectivity index is 3.13. The van der Waals surface area contributed by atoms with Gasteiger partial charge >= 0.3 is 23.0 Å². The van der Waals surface area contributed by atoms with Gasteiger partial charge in [0.25, 0.3) is 0 Å². The van der Waals surface area contributed by atoms with E-state index in [2.05, 4.69) is 11.4 Å². The van der Waals surface area contributed by atoms with Gasteiger partial charge in [0.1, 0.15) is 0 Å². The molecule has 0 bridgehead atoms. The van der Waals surface area contributed by atoms with Crippen molar-refractivity contribution in [3.8, 4) is 0 Å². The van der Waals surface area contributed by atoms with Crippen molar-refractivity contribution in [3.63, 3.8) is 0 Å². The number of rotatable bonds is 3. The Hall–Kier alpha value is -2.38. The molecule has 0 spiro atoms. The number of carbonyl (C=O) groups is 1. The molecule has 0 fully saturated rings. The Morgan fingerprint density at radius 2 is 1.81 bits per heavy atom. The van der Waals surface area contributed by atoms with Crippen LogP contribution in [0.2, 0.25) is 0 Å². The minimum Gasteiger partial charge on any atom is -0.322 e. The molecule has 0 aliphatic carbocycles. The SMILES string of the molecule is C=C(CC)C(=O)On1c(=O)[nH]c(=O)[nH]c1=O. The number of carbonyl (C=O) groups excluding carboxylic acids is 1. The zero-order valence-corrected chi connectivity index (χ0v) is 8.40. The lowest BCUT2D eigenvalue weighted by atomic mass is 10.2. The van der Waals surface area contributed by atoms with Gasteiger partial charge in [0.15, 0.2) is 0 Å². The second-order valence-corrected chi connectivity index (χ2v) is 2.82. The summed E-state index contributed by atoms with van der Waals surface area (Å²) in [5.74, 6) is -0.915. The maximum atomic E-state index is 11.2. The van der Waals surface area contributed by atoms with E-state index in [9.17, 15) is 19.2 Å². The molecule has 0 unspecified atom stereocenters. The van der Waals surface area contributed by atoms with Gasteiger partial charge in [-0.1, -0.05) is 18.2 Å². The minimum absolute atomic E-state index is 0.0949. The van der Waals surface area contributed by atoms with Gasteiger partial charge in [0.05, 0.1) is 0 Å². The fourth-order valence-corrected chi connectivity index (χ4v) is 0.794. The van der Waals surface area contributed by atoms with Gasteiger partial charge in [-0.05, 0) is 6.42 Å². The van der Waals surface area contributed by atoms with E-state index in [0.29, 0.717) is 6.42 Å². The van der Waals surface area contributed by atoms with Crippen LogP contribution in [0, 0.1) is 0 Å². The van der Waals surface area contributed by atoms with Crippen molar-refractivity contribution in [3.05, 3.63) is 43.6 Å². The topological polar surface area (TPSA) is 114 Å². The lowest BCUT2D eigenvalue weighted by Crippen LogP contribution is -2.47. The molecule has 8 nitrogen and oxygen atoms in total. The lowest BCUT2D eigenvalue weighted by Gasteiger charge is -2.03. The van der Waals surface area contributed by atoms with E-state index in [1.54, 1.807) is 16.9 Å². The standard InChI is InChI=1S/C8H9N3O5/c1-3-4(2)5(12)16-11-7(14)9-6(13)10-8(11)15/h2-3H2,1H3,(H2,9,10,13,14,15). The molecule has 0 aliphatic heterocycles. The normalized spacial score (nSPS) is 9.81. The molecule has 0 saturated carbocycles. The van der Waals surface area contributed by atoms with Gasteiger partial charge in [-0.3, -0.25) is 9.97 Å². The Labute approximate surface area is 88.1 Å². The van der Waals surface area contributed by atoms with Crippen LogP contribution in [0.15, 0.2) is 26.5 Å². The molecule has 0 amide bonds. The molecular weight excluding hydrogens is 218 g/mol. The molecule has 0 saturated heterocycles. The van der Waals surface area contributed by atoms with Gasteiger partial charge in [-0.25, -0.2) is 19.2 Å². The van der Waals surface area contributed by atoms with E-state index in [-0.39, 0.29) is 10.3 Å². The largest absolute Gasteiger partial charge is 0.367 e. The van der Waals surface area contributed by atoms with Gasteiger partial charge < -0.3 is 4.84 Å². The average Bonchev–Trinajstić information content (AvgIpc) is 2.21. The molecule has 86 valence electrons. The van der Waals surface area contributed by atoms with Crippen LogP contribution in [0.3, 0.4) is 0 Å². The van der Waals surface area contributed by atoms with Gasteiger partial charge in [-0.2, -0.15) is 0 Å². The first-order chi connectivity index (χ1) is 7.45. The Morgan fingerprint density at radius 3 is 2.25 bits per heavy atom. The molecule has 1 aromatic heterocycles. The maximum absolute atomic E-state index is 11.2. The van der Waals surface area contributed by atoms with Crippen LogP contribution in [-0.4, -0.2) is 20.7 Å². The number of hydrogen-bond acceptors (Lipinski definition) is 5. The molecule has 0 aromatic carbocycles. The molecule has 0 atom stereocenters. The second-order valence-electron chi connectivity index (χ2n) is 2.82. The van der Waals surface area contributed by atoms with Crippen LogP contribution in [0.1, 0.15) is 13.3 Å². The smallest absolute Gasteiger partial charge is 0.322 e. The maximum Gasteiger partial charge on any atom is 0.367 e. The van der Waals surface area contributed by atoms with Gasteiger partial charge in [0.2, 0.25) is 0 Å². The molecule has 1 aromatic rings. The van der Waals surface area contributed by atoms with Crippen molar-refractivity contribution in [2.24, 2.45) is 0 Å². The molecule has 1 heterocycles. The monoisotopic (exact) mass is 227 g/mol. The molecule has 16 heavy (non-hydrogen) atoms. The van der Waals surface area contributed by atoms with Crippen molar-refractivity contribution in [1.29, 1.82) is 0 Å². The highest BCUT2D eigenvalue weighted by Crippen LogP contribution is 1.95. The summed E-state index contributed by atoms with van der Waals surface area (Å²) in [6, 6.07) is 0. The molecule has 2 N–H and O–H groups in total. The van der Waals surface area contributed by atoms with E-state index >= 15 is 0 Å². The van der Waals surface area contributed by atoms with E-state index < -0.39 is 23.0 Å². The van der Waals surface area contributed by atoms with Crippen LogP contribution >= 0.6 is 0 Å². The number of aromatic nitrogens is 3. The Kier molecular flexibility index (Phi) is 3.24. The first-order valence-electron chi connectivity index (χ1n) is 4.31. The fraction of sp³-hybridized carbons (Fsp3) is 0.250. The zero-order valence-electron chi connectivity index (χ0n) is 8.40. The Morgan fingerprint density at radius 1 is 1.31 bits per heavy atom. The summed E-state index contributed by atoms with van der Waals surface area (Å²) in [6.45, 7) is 5.03. The molecule has 0 aliphatic rings. The van der Waals surface area contributed by atoms with Crippen LogP contribution < -0.4 is 21.9 Å². The number of nitrogens with one attached hydrogen (secondary N) is 2. The number of hydrogen-bond donors (Lipinski definition) is 2. The predicted octanol–water partition coefficient (Wildman–Crippen LogP) is -1.85. The molecule has 0 radical (unpaired) electrons. The number of nitrogens with zero attached hydrogens (tertiary/aromatic N) is 1. The van der Waals surface area contributed by atoms with Crippen molar-refractivity contribution in [2.45, 2.75) is 13.3 Å². The lowest BCUT2D eigenvalue weighted by molar-refractivity contribution is -0.140. The highest BCUT2D eigenvalue weighted by Gasteiger charge is 2.12. The first kappa shape index (κ1) is 11.7. The summed E-state index contributed by atoms with van der Waals surface area (Å²) in [7, 11) is 0. The molecule has 1 rings (SSSR count). The Bertz CT molecular complexity index is 556. The summed E-state index contributed by atoms with van der Waals surface area (Å²) in [5.41, 5.74) is -3.15. The second kappa shape index (κ2) is 4.43. The fourth-order valence-electron chi connectivity index (χ4n) is 0.794. The third-order valence-electron chi connectivity index (χ3n) is 1.70. The summed E-state index contributed by atoms with van der Waals surface area (Å²) >= 11 is 0. The third-order valence-corrected chi connectivity index (χ3v) is 1.70. The number of H-pyrrole nitrogens is 2. The van der Waals surface area contributed by atoms with Gasteiger partial charge in [-0.15, -0.1) is 0 Å². The summed E-state index contributed by atoms with van der Waals surface area (Å²) in [6.07, 6.45) is 0.314. The number of aromatic amines is 2. The average molecular weight is 227 g/mol. The summed E-state index contributed by atoms with van der Waals surface area (Å²) in [5, 5.41) is 0. The van der Waals surface area contributed by atoms with Gasteiger partial charge in [0, 0.05) is 5.57 Å². The van der Waals surface area contributed by atoms with Crippen molar-refractivity contribution in [1.82, 2.24) is 14.7 Å². The minimum atomic E-state index is -1.13. The highest BCUT2D eigenvalue weighted by atomic mass is 16.7. The summed E-state index contributed by atoms with van der Waals surface area (Å²) in [4.78, 5) is 51.9. The zero-order chi connectivity index (χ0) is 12.3. The van der Waals surface area contributed by atoms with Crippen LogP contribution in [0.4, 0.5) is 0 Å². The van der Waals surface area contributed by atoms with Crippen LogP contribution in [0.25, 0.3) is 0 Å². The third kappa shape index (κ3) is 2.35. The predicted molar refractivity (Wildman–Crippen MR) is 53.0 cm³/mol. The van der Waals surface area contributed by atoms with E-state index in [1.807, 2.05) is 0 Å². The van der Waals surface area contributed by atoms with Crippen LogP contribution in [-0.2, 0) is 4.79 Å². The molecular formula is C8H9N3O5. The van der Waals surface area contributed by atoms with Crippen molar-refractivity contribution >= 4 is 5.97 Å². The first-order valence-corrected chi connectivity index (χ1v) is 4.31. The van der Waals surface area contributed by atoms with Crippen molar-refractivity contribution < 1.29 is 9.63 Å². The van der Waals surface area contributed by atoms with Crippen LogP contribution in [0.5, 0.6) is 0 Å². The van der Waals surface area contributed by atoms with E-state index in [1.165, 1.54) is 0 Å².